The average molecular weight is 315 g/mol. The number of fused-ring (bicyclic) bond motifs is 1. The van der Waals surface area contributed by atoms with Gasteiger partial charge in [-0.3, -0.25) is 4.40 Å². The van der Waals surface area contributed by atoms with Crippen molar-refractivity contribution in [3.05, 3.63) is 53.0 Å². The predicted molar refractivity (Wildman–Crippen MR) is 71.8 cm³/mol. The van der Waals surface area contributed by atoms with Crippen molar-refractivity contribution >= 4 is 22.0 Å². The summed E-state index contributed by atoms with van der Waals surface area (Å²) in [7, 11) is 0. The van der Waals surface area contributed by atoms with E-state index in [-0.39, 0.29) is 12.2 Å². The molecule has 0 bridgehead atoms. The number of anilines is 1. The van der Waals surface area contributed by atoms with Crippen LogP contribution in [0.2, 0.25) is 0 Å². The van der Waals surface area contributed by atoms with Gasteiger partial charge in [-0.25, -0.2) is 9.37 Å². The molecule has 0 amide bonds. The highest BCUT2D eigenvalue weighted by Crippen LogP contribution is 2.31. The molecule has 110 valence electrons. The van der Waals surface area contributed by atoms with Gasteiger partial charge in [-0.2, -0.15) is 13.2 Å². The minimum absolute atomic E-state index is 0.145. The third kappa shape index (κ3) is 2.85. The zero-order valence-electron chi connectivity index (χ0n) is 10.5. The number of aromatic nitrogens is 2. The van der Waals surface area contributed by atoms with Crippen LogP contribution in [0.3, 0.4) is 0 Å². The van der Waals surface area contributed by atoms with E-state index in [0.29, 0.717) is 11.8 Å². The molecule has 0 spiro atoms. The van der Waals surface area contributed by atoms with E-state index in [2.05, 4.69) is 10.3 Å². The Balaban J connectivity index is 1.79. The van der Waals surface area contributed by atoms with Gasteiger partial charge in [0.05, 0.1) is 23.5 Å². The third-order valence-corrected chi connectivity index (χ3v) is 3.67. The lowest BCUT2D eigenvalue weighted by atomic mass is 10.2. The lowest BCUT2D eigenvalue weighted by molar-refractivity contribution is -0.137. The summed E-state index contributed by atoms with van der Waals surface area (Å²) in [6, 6.07) is 2.28. The third-order valence-electron chi connectivity index (χ3n) is 2.90. The van der Waals surface area contributed by atoms with Crippen LogP contribution in [-0.2, 0) is 12.7 Å². The van der Waals surface area contributed by atoms with E-state index in [1.807, 2.05) is 11.6 Å². The molecule has 0 atom stereocenters. The highest BCUT2D eigenvalue weighted by Gasteiger charge is 2.31. The van der Waals surface area contributed by atoms with Crippen LogP contribution in [0, 0.1) is 5.82 Å². The first kappa shape index (κ1) is 13.9. The van der Waals surface area contributed by atoms with Crippen molar-refractivity contribution < 1.29 is 17.6 Å². The molecular formula is C13H9F4N3S. The summed E-state index contributed by atoms with van der Waals surface area (Å²) < 4.78 is 53.1. The molecule has 0 aliphatic rings. The largest absolute Gasteiger partial charge is 0.416 e. The molecule has 0 saturated heterocycles. The molecule has 0 radical (unpaired) electrons. The molecule has 3 rings (SSSR count). The summed E-state index contributed by atoms with van der Waals surface area (Å²) in [5.74, 6) is -0.732. The second-order valence-electron chi connectivity index (χ2n) is 4.37. The molecular weight excluding hydrogens is 306 g/mol. The summed E-state index contributed by atoms with van der Waals surface area (Å²) in [5.41, 5.74) is -0.461. The molecule has 1 N–H and O–H groups in total. The van der Waals surface area contributed by atoms with E-state index in [9.17, 15) is 17.6 Å². The monoisotopic (exact) mass is 315 g/mol. The topological polar surface area (TPSA) is 29.3 Å². The fraction of sp³-hybridized carbons (Fsp3) is 0.154. The maximum absolute atomic E-state index is 13.6. The lowest BCUT2D eigenvalue weighted by Gasteiger charge is -2.10. The quantitative estimate of drug-likeness (QED) is 0.735. The van der Waals surface area contributed by atoms with E-state index < -0.39 is 17.6 Å². The first-order valence-corrected chi connectivity index (χ1v) is 6.83. The molecule has 0 aliphatic carbocycles. The van der Waals surface area contributed by atoms with Gasteiger partial charge in [-0.1, -0.05) is 0 Å². The van der Waals surface area contributed by atoms with Gasteiger partial charge in [0.1, 0.15) is 5.82 Å². The zero-order valence-corrected chi connectivity index (χ0v) is 11.3. The number of hydrogen-bond donors (Lipinski definition) is 1. The SMILES string of the molecule is Fc1ccc(C(F)(F)F)cc1NCc1cn2ccsc2n1. The van der Waals surface area contributed by atoms with E-state index in [4.69, 9.17) is 0 Å². The number of imidazole rings is 1. The number of halogens is 4. The number of rotatable bonds is 3. The van der Waals surface area contributed by atoms with E-state index >= 15 is 0 Å². The van der Waals surface area contributed by atoms with Crippen molar-refractivity contribution in [3.8, 4) is 0 Å². The van der Waals surface area contributed by atoms with Crippen LogP contribution in [0.25, 0.3) is 4.96 Å². The van der Waals surface area contributed by atoms with E-state index in [0.717, 1.165) is 17.1 Å². The maximum Gasteiger partial charge on any atom is 0.416 e. The van der Waals surface area contributed by atoms with Crippen LogP contribution in [0.15, 0.2) is 36.0 Å². The second-order valence-corrected chi connectivity index (χ2v) is 5.24. The van der Waals surface area contributed by atoms with Crippen LogP contribution in [0.1, 0.15) is 11.3 Å². The Kier molecular flexibility index (Phi) is 3.32. The van der Waals surface area contributed by atoms with E-state index in [1.165, 1.54) is 11.3 Å². The Bertz CT molecular complexity index is 747. The van der Waals surface area contributed by atoms with Crippen molar-refractivity contribution in [3.63, 3.8) is 0 Å². The number of benzene rings is 1. The van der Waals surface area contributed by atoms with Gasteiger partial charge < -0.3 is 5.32 Å². The number of nitrogens with zero attached hydrogens (tertiary/aromatic N) is 2. The Hall–Kier alpha value is -2.09. The highest BCUT2D eigenvalue weighted by atomic mass is 32.1. The van der Waals surface area contributed by atoms with Crippen molar-refractivity contribution in [1.29, 1.82) is 0 Å². The standard InChI is InChI=1S/C13H9F4N3S/c14-10-2-1-8(13(15,16)17)5-11(10)18-6-9-7-20-3-4-21-12(20)19-9/h1-5,7,18H,6H2. The molecule has 21 heavy (non-hydrogen) atoms. The van der Waals surface area contributed by atoms with Crippen LogP contribution >= 0.6 is 11.3 Å². The summed E-state index contributed by atoms with van der Waals surface area (Å²) in [5, 5.41) is 4.51. The molecule has 2 aromatic heterocycles. The first-order chi connectivity index (χ1) is 9.93. The fourth-order valence-electron chi connectivity index (χ4n) is 1.88. The van der Waals surface area contributed by atoms with Gasteiger partial charge in [0.25, 0.3) is 0 Å². The van der Waals surface area contributed by atoms with Gasteiger partial charge in [0.15, 0.2) is 4.96 Å². The average Bonchev–Trinajstić information content (AvgIpc) is 2.97. The van der Waals surface area contributed by atoms with Crippen molar-refractivity contribution in [1.82, 2.24) is 9.38 Å². The lowest BCUT2D eigenvalue weighted by Crippen LogP contribution is -2.08. The molecule has 0 aliphatic heterocycles. The Morgan fingerprint density at radius 3 is 2.81 bits per heavy atom. The molecule has 8 heteroatoms. The first-order valence-electron chi connectivity index (χ1n) is 5.95. The van der Waals surface area contributed by atoms with Gasteiger partial charge in [0.2, 0.25) is 0 Å². The van der Waals surface area contributed by atoms with Gasteiger partial charge in [0, 0.05) is 17.8 Å². The second kappa shape index (κ2) is 5.03. The smallest absolute Gasteiger partial charge is 0.377 e. The van der Waals surface area contributed by atoms with E-state index in [1.54, 1.807) is 10.6 Å². The minimum Gasteiger partial charge on any atom is -0.377 e. The van der Waals surface area contributed by atoms with Gasteiger partial charge in [-0.15, -0.1) is 11.3 Å². The molecule has 2 heterocycles. The highest BCUT2D eigenvalue weighted by molar-refractivity contribution is 7.15. The molecule has 3 nitrogen and oxygen atoms in total. The number of hydrogen-bond acceptors (Lipinski definition) is 3. The summed E-state index contributed by atoms with van der Waals surface area (Å²) in [6.07, 6.45) is -0.938. The van der Waals surface area contributed by atoms with Gasteiger partial charge in [-0.05, 0) is 18.2 Å². The fourth-order valence-corrected chi connectivity index (χ4v) is 2.60. The van der Waals surface area contributed by atoms with Crippen LogP contribution in [0.4, 0.5) is 23.2 Å². The van der Waals surface area contributed by atoms with Crippen molar-refractivity contribution in [2.24, 2.45) is 0 Å². The molecule has 1 aromatic carbocycles. The molecule has 0 fully saturated rings. The molecule has 0 unspecified atom stereocenters. The predicted octanol–water partition coefficient (Wildman–Crippen LogP) is 4.17. The maximum atomic E-state index is 13.6. The normalized spacial score (nSPS) is 12.0. The molecule has 3 aromatic rings. The minimum atomic E-state index is -4.50. The van der Waals surface area contributed by atoms with Crippen molar-refractivity contribution in [2.45, 2.75) is 12.7 Å². The Labute approximate surface area is 120 Å². The zero-order chi connectivity index (χ0) is 15.0. The van der Waals surface area contributed by atoms with Crippen LogP contribution in [-0.4, -0.2) is 9.38 Å². The Morgan fingerprint density at radius 1 is 1.29 bits per heavy atom. The summed E-state index contributed by atoms with van der Waals surface area (Å²) in [4.78, 5) is 5.04. The van der Waals surface area contributed by atoms with Crippen molar-refractivity contribution in [2.75, 3.05) is 5.32 Å². The number of thiazole rings is 1. The summed E-state index contributed by atoms with van der Waals surface area (Å²) >= 11 is 1.44. The summed E-state index contributed by atoms with van der Waals surface area (Å²) in [6.45, 7) is 0.145. The van der Waals surface area contributed by atoms with Crippen LogP contribution in [0.5, 0.6) is 0 Å². The van der Waals surface area contributed by atoms with Gasteiger partial charge >= 0.3 is 6.18 Å². The van der Waals surface area contributed by atoms with Crippen LogP contribution < -0.4 is 5.32 Å². The Morgan fingerprint density at radius 2 is 2.10 bits per heavy atom. The number of alkyl halides is 3. The molecule has 0 saturated carbocycles. The number of nitrogens with one attached hydrogen (secondary N) is 1.